The molecule has 0 amide bonds. The fourth-order valence-electron chi connectivity index (χ4n) is 0.928. The number of methoxy groups -OCH3 is 1. The predicted molar refractivity (Wildman–Crippen MR) is 50.3 cm³/mol. The Morgan fingerprint density at radius 1 is 1.43 bits per heavy atom. The quantitative estimate of drug-likeness (QED) is 0.572. The fourth-order valence-corrected chi connectivity index (χ4v) is 1.01. The van der Waals surface area contributed by atoms with Crippen molar-refractivity contribution in [1.82, 2.24) is 0 Å². The number of ether oxygens (including phenoxy) is 2. The van der Waals surface area contributed by atoms with E-state index in [0.29, 0.717) is 11.8 Å². The standard InChI is InChI=1S/C9H7ClO4/c1-13-8-4-6(5-11)2-3-7(8)14-9(10)12/h2-5H,1H3. The zero-order valence-electron chi connectivity index (χ0n) is 7.32. The number of carbonyl (C=O) groups is 2. The zero-order valence-corrected chi connectivity index (χ0v) is 8.08. The average molecular weight is 215 g/mol. The van der Waals surface area contributed by atoms with Crippen molar-refractivity contribution in [3.8, 4) is 11.5 Å². The third-order valence-electron chi connectivity index (χ3n) is 1.51. The number of carbonyl (C=O) groups excluding carboxylic acids is 2. The number of rotatable bonds is 3. The first-order chi connectivity index (χ1) is 6.67. The molecule has 0 spiro atoms. The Morgan fingerprint density at radius 3 is 2.64 bits per heavy atom. The van der Waals surface area contributed by atoms with Crippen LogP contribution in [0.25, 0.3) is 0 Å². The molecule has 0 saturated heterocycles. The van der Waals surface area contributed by atoms with Crippen molar-refractivity contribution in [3.63, 3.8) is 0 Å². The summed E-state index contributed by atoms with van der Waals surface area (Å²) in [6, 6.07) is 4.37. The van der Waals surface area contributed by atoms with Crippen LogP contribution in [0.1, 0.15) is 10.4 Å². The molecule has 0 heterocycles. The maximum atomic E-state index is 10.5. The van der Waals surface area contributed by atoms with Crippen LogP contribution in [0.5, 0.6) is 11.5 Å². The molecule has 74 valence electrons. The van der Waals surface area contributed by atoms with Crippen LogP contribution in [0.3, 0.4) is 0 Å². The second kappa shape index (κ2) is 4.62. The first kappa shape index (κ1) is 10.5. The van der Waals surface area contributed by atoms with Crippen molar-refractivity contribution in [2.75, 3.05) is 7.11 Å². The first-order valence-corrected chi connectivity index (χ1v) is 4.05. The second-order valence-electron chi connectivity index (χ2n) is 2.37. The number of aldehydes is 1. The lowest BCUT2D eigenvalue weighted by Gasteiger charge is -2.06. The summed E-state index contributed by atoms with van der Waals surface area (Å²) < 4.78 is 9.52. The van der Waals surface area contributed by atoms with E-state index in [1.807, 2.05) is 0 Å². The molecule has 0 atom stereocenters. The highest BCUT2D eigenvalue weighted by atomic mass is 35.5. The highest BCUT2D eigenvalue weighted by molar-refractivity contribution is 6.61. The Hall–Kier alpha value is -1.55. The van der Waals surface area contributed by atoms with Gasteiger partial charge in [0.25, 0.3) is 0 Å². The molecular weight excluding hydrogens is 208 g/mol. The largest absolute Gasteiger partial charge is 0.493 e. The Kier molecular flexibility index (Phi) is 3.48. The van der Waals surface area contributed by atoms with Crippen LogP contribution in [-0.4, -0.2) is 18.8 Å². The molecule has 0 N–H and O–H groups in total. The maximum Gasteiger partial charge on any atom is 0.409 e. The first-order valence-electron chi connectivity index (χ1n) is 3.68. The van der Waals surface area contributed by atoms with E-state index in [4.69, 9.17) is 16.3 Å². The summed E-state index contributed by atoms with van der Waals surface area (Å²) in [4.78, 5) is 20.9. The molecule has 1 rings (SSSR count). The van der Waals surface area contributed by atoms with E-state index in [1.165, 1.54) is 25.3 Å². The highest BCUT2D eigenvalue weighted by Crippen LogP contribution is 2.27. The van der Waals surface area contributed by atoms with Gasteiger partial charge in [0, 0.05) is 17.2 Å². The molecule has 0 aliphatic rings. The third kappa shape index (κ3) is 2.47. The minimum Gasteiger partial charge on any atom is -0.493 e. The Bertz CT molecular complexity index is 362. The van der Waals surface area contributed by atoms with Gasteiger partial charge >= 0.3 is 5.43 Å². The second-order valence-corrected chi connectivity index (χ2v) is 2.68. The Labute approximate surface area is 85.4 Å². The number of hydrogen-bond donors (Lipinski definition) is 0. The molecule has 0 radical (unpaired) electrons. The average Bonchev–Trinajstić information content (AvgIpc) is 2.17. The zero-order chi connectivity index (χ0) is 10.6. The lowest BCUT2D eigenvalue weighted by Crippen LogP contribution is -1.99. The van der Waals surface area contributed by atoms with Gasteiger partial charge in [-0.15, -0.1) is 0 Å². The summed E-state index contributed by atoms with van der Waals surface area (Å²) in [6.45, 7) is 0. The fraction of sp³-hybridized carbons (Fsp3) is 0.111. The van der Waals surface area contributed by atoms with Crippen LogP contribution in [0.4, 0.5) is 4.79 Å². The van der Waals surface area contributed by atoms with Crippen molar-refractivity contribution in [1.29, 1.82) is 0 Å². The summed E-state index contributed by atoms with van der Waals surface area (Å²) in [5.74, 6) is 0.460. The van der Waals surface area contributed by atoms with Crippen molar-refractivity contribution >= 4 is 23.3 Å². The molecule has 0 unspecified atom stereocenters. The lowest BCUT2D eigenvalue weighted by molar-refractivity contribution is 0.112. The molecule has 0 aliphatic heterocycles. The van der Waals surface area contributed by atoms with Crippen LogP contribution in [-0.2, 0) is 0 Å². The molecule has 0 aliphatic carbocycles. The van der Waals surface area contributed by atoms with E-state index in [9.17, 15) is 9.59 Å². The summed E-state index contributed by atoms with van der Waals surface area (Å²) in [6.07, 6.45) is 0.662. The lowest BCUT2D eigenvalue weighted by atomic mass is 10.2. The van der Waals surface area contributed by atoms with Gasteiger partial charge in [-0.2, -0.15) is 0 Å². The minimum atomic E-state index is -0.956. The maximum absolute atomic E-state index is 10.5. The van der Waals surface area contributed by atoms with Crippen LogP contribution in [0.2, 0.25) is 0 Å². The summed E-state index contributed by atoms with van der Waals surface area (Å²) in [5.41, 5.74) is -0.529. The smallest absolute Gasteiger partial charge is 0.409 e. The van der Waals surface area contributed by atoms with Crippen LogP contribution < -0.4 is 9.47 Å². The molecule has 4 nitrogen and oxygen atoms in total. The van der Waals surface area contributed by atoms with Crippen LogP contribution in [0.15, 0.2) is 18.2 Å². The normalized spacial score (nSPS) is 9.29. The van der Waals surface area contributed by atoms with E-state index in [0.717, 1.165) is 0 Å². The molecular formula is C9H7ClO4. The van der Waals surface area contributed by atoms with E-state index in [2.05, 4.69) is 4.74 Å². The number of hydrogen-bond acceptors (Lipinski definition) is 4. The molecule has 1 aromatic rings. The van der Waals surface area contributed by atoms with Crippen molar-refractivity contribution in [2.45, 2.75) is 0 Å². The Morgan fingerprint density at radius 2 is 2.14 bits per heavy atom. The molecule has 0 bridgehead atoms. The summed E-state index contributed by atoms with van der Waals surface area (Å²) >= 11 is 5.03. The molecule has 5 heteroatoms. The monoisotopic (exact) mass is 214 g/mol. The molecule has 0 saturated carbocycles. The van der Waals surface area contributed by atoms with Gasteiger partial charge in [0.1, 0.15) is 6.29 Å². The van der Waals surface area contributed by atoms with Gasteiger partial charge in [-0.3, -0.25) is 4.79 Å². The third-order valence-corrected chi connectivity index (χ3v) is 1.59. The SMILES string of the molecule is COc1cc(C=O)ccc1OC(=O)Cl. The van der Waals surface area contributed by atoms with E-state index in [1.54, 1.807) is 0 Å². The Balaban J connectivity index is 3.04. The minimum absolute atomic E-state index is 0.179. The number of benzene rings is 1. The van der Waals surface area contributed by atoms with Crippen molar-refractivity contribution in [2.24, 2.45) is 0 Å². The van der Waals surface area contributed by atoms with Crippen LogP contribution in [0, 0.1) is 0 Å². The van der Waals surface area contributed by atoms with E-state index in [-0.39, 0.29) is 11.5 Å². The van der Waals surface area contributed by atoms with Gasteiger partial charge in [-0.1, -0.05) is 0 Å². The predicted octanol–water partition coefficient (Wildman–Crippen LogP) is 2.25. The van der Waals surface area contributed by atoms with Gasteiger partial charge in [-0.25, -0.2) is 4.79 Å². The molecule has 14 heavy (non-hydrogen) atoms. The molecule has 0 fully saturated rings. The van der Waals surface area contributed by atoms with E-state index < -0.39 is 5.43 Å². The van der Waals surface area contributed by atoms with Gasteiger partial charge < -0.3 is 9.47 Å². The van der Waals surface area contributed by atoms with Gasteiger partial charge in [0.2, 0.25) is 0 Å². The van der Waals surface area contributed by atoms with Gasteiger partial charge in [0.15, 0.2) is 11.5 Å². The number of halogens is 1. The highest BCUT2D eigenvalue weighted by Gasteiger charge is 2.08. The summed E-state index contributed by atoms with van der Waals surface area (Å²) in [5, 5.41) is 0. The van der Waals surface area contributed by atoms with Crippen LogP contribution >= 0.6 is 11.6 Å². The molecule has 1 aromatic carbocycles. The van der Waals surface area contributed by atoms with Crippen molar-refractivity contribution in [3.05, 3.63) is 23.8 Å². The van der Waals surface area contributed by atoms with Gasteiger partial charge in [0.05, 0.1) is 7.11 Å². The molecule has 0 aromatic heterocycles. The van der Waals surface area contributed by atoms with E-state index >= 15 is 0 Å². The van der Waals surface area contributed by atoms with Crippen molar-refractivity contribution < 1.29 is 19.1 Å². The summed E-state index contributed by atoms with van der Waals surface area (Å²) in [7, 11) is 1.40. The topological polar surface area (TPSA) is 52.6 Å². The van der Waals surface area contributed by atoms with Gasteiger partial charge in [-0.05, 0) is 18.2 Å².